The van der Waals surface area contributed by atoms with Gasteiger partial charge in [-0.1, -0.05) is 0 Å². The van der Waals surface area contributed by atoms with Crippen LogP contribution in [0.5, 0.6) is 0 Å². The molecule has 0 aliphatic heterocycles. The zero-order valence-electron chi connectivity index (χ0n) is 11.9. The molecule has 0 saturated carbocycles. The maximum atomic E-state index is 10.6. The summed E-state index contributed by atoms with van der Waals surface area (Å²) in [6.07, 6.45) is 0.441. The molecule has 0 aliphatic carbocycles. The van der Waals surface area contributed by atoms with Crippen LogP contribution in [-0.4, -0.2) is 51.5 Å². The molecule has 0 aliphatic rings. The van der Waals surface area contributed by atoms with Crippen molar-refractivity contribution in [2.24, 2.45) is 5.73 Å². The zero-order chi connectivity index (χ0) is 13.0. The van der Waals surface area contributed by atoms with Gasteiger partial charge in [0, 0.05) is 17.7 Å². The molecule has 0 aromatic heterocycles. The van der Waals surface area contributed by atoms with Crippen LogP contribution in [0.1, 0.15) is 11.9 Å². The SMILES string of the molecule is O.O.O.[2H]C([2H])(NCCCN)C([2H])([2H])SP(=O)(O)O. The van der Waals surface area contributed by atoms with E-state index < -0.39 is 19.0 Å². The van der Waals surface area contributed by atoms with Gasteiger partial charge in [0.1, 0.15) is 0 Å². The van der Waals surface area contributed by atoms with Crippen LogP contribution in [0.25, 0.3) is 0 Å². The van der Waals surface area contributed by atoms with Crippen LogP contribution in [0.15, 0.2) is 0 Å². The topological polar surface area (TPSA) is 190 Å². The highest BCUT2D eigenvalue weighted by molar-refractivity contribution is 8.54. The molecular formula is C5H21N2O6PS. The summed E-state index contributed by atoms with van der Waals surface area (Å²) in [6.45, 7) is -6.79. The molecule has 0 rings (SSSR count). The largest absolute Gasteiger partial charge is 0.412 e. The van der Waals surface area contributed by atoms with E-state index >= 15 is 0 Å². The lowest BCUT2D eigenvalue weighted by Gasteiger charge is -2.04. The van der Waals surface area contributed by atoms with Crippen LogP contribution < -0.4 is 11.1 Å². The molecule has 15 heavy (non-hydrogen) atoms. The Bertz CT molecular complexity index is 280. The molecular weight excluding hydrogens is 247 g/mol. The average Bonchev–Trinajstić information content (AvgIpc) is 1.99. The predicted molar refractivity (Wildman–Crippen MR) is 61.9 cm³/mol. The Morgan fingerprint density at radius 3 is 2.33 bits per heavy atom. The number of hydrogen-bond donors (Lipinski definition) is 4. The van der Waals surface area contributed by atoms with Crippen LogP contribution in [0.2, 0.25) is 0 Å². The lowest BCUT2D eigenvalue weighted by atomic mass is 10.4. The smallest absolute Gasteiger partial charge is 0.384 e. The molecule has 10 heteroatoms. The summed E-state index contributed by atoms with van der Waals surface area (Å²) in [6, 6.07) is 0. The third-order valence-electron chi connectivity index (χ3n) is 0.810. The van der Waals surface area contributed by atoms with Crippen LogP contribution in [0.4, 0.5) is 0 Å². The second-order valence-electron chi connectivity index (χ2n) is 1.88. The predicted octanol–water partition coefficient (Wildman–Crippen LogP) is -2.72. The summed E-state index contributed by atoms with van der Waals surface area (Å²) in [5, 5.41) is 2.24. The second kappa shape index (κ2) is 14.3. The van der Waals surface area contributed by atoms with Gasteiger partial charge >= 0.3 is 6.80 Å². The molecule has 0 aromatic carbocycles. The highest BCUT2D eigenvalue weighted by Gasteiger charge is 2.11. The van der Waals surface area contributed by atoms with Crippen LogP contribution in [-0.2, 0) is 4.57 Å². The van der Waals surface area contributed by atoms with Gasteiger partial charge in [-0.3, -0.25) is 0 Å². The Labute approximate surface area is 98.1 Å². The molecule has 98 valence electrons. The summed E-state index contributed by atoms with van der Waals surface area (Å²) in [5.74, 6) is 0. The van der Waals surface area contributed by atoms with Crippen molar-refractivity contribution < 1.29 is 36.3 Å². The molecule has 0 aromatic rings. The Hall–Kier alpha value is 0.300. The van der Waals surface area contributed by atoms with E-state index in [1.165, 1.54) is 0 Å². The van der Waals surface area contributed by atoms with Gasteiger partial charge in [-0.25, -0.2) is 4.57 Å². The molecule has 0 fully saturated rings. The molecule has 0 spiro atoms. The number of nitrogens with one attached hydrogen (secondary N) is 1. The Morgan fingerprint density at radius 2 is 1.93 bits per heavy atom. The van der Waals surface area contributed by atoms with E-state index in [4.69, 9.17) is 21.0 Å². The normalized spacial score (nSPS) is 15.4. The second-order valence-corrected chi connectivity index (χ2v) is 5.22. The lowest BCUT2D eigenvalue weighted by Crippen LogP contribution is -2.20. The van der Waals surface area contributed by atoms with Crippen molar-refractivity contribution in [3.63, 3.8) is 0 Å². The molecule has 0 amide bonds. The average molecular weight is 272 g/mol. The fraction of sp³-hybridized carbons (Fsp3) is 1.00. The fourth-order valence-electron chi connectivity index (χ4n) is 0.371. The van der Waals surface area contributed by atoms with Crippen molar-refractivity contribution in [2.45, 2.75) is 6.42 Å². The third-order valence-corrected chi connectivity index (χ3v) is 2.23. The standard InChI is InChI=1S/C5H15N2O3PS.3H2O/c6-2-1-3-7-4-5-12-11(8,9)10;;;/h7H,1-6H2,(H2,8,9,10);3*1H2/i4D2,5D2;;;. The fourth-order valence-corrected chi connectivity index (χ4v) is 1.10. The minimum Gasteiger partial charge on any atom is -0.412 e. The van der Waals surface area contributed by atoms with E-state index in [-0.39, 0.29) is 34.4 Å². The first-order valence-corrected chi connectivity index (χ1v) is 6.27. The Morgan fingerprint density at radius 1 is 1.40 bits per heavy atom. The van der Waals surface area contributed by atoms with Crippen molar-refractivity contribution in [1.29, 1.82) is 0 Å². The molecule has 0 saturated heterocycles. The first-order valence-electron chi connectivity index (χ1n) is 5.23. The monoisotopic (exact) mass is 272 g/mol. The van der Waals surface area contributed by atoms with Gasteiger partial charge < -0.3 is 37.3 Å². The minimum atomic E-state index is -4.69. The van der Waals surface area contributed by atoms with Gasteiger partial charge in [0.15, 0.2) is 0 Å². The molecule has 8 nitrogen and oxygen atoms in total. The van der Waals surface area contributed by atoms with Crippen LogP contribution in [0.3, 0.4) is 0 Å². The molecule has 0 bridgehead atoms. The first-order chi connectivity index (χ1) is 7.02. The van der Waals surface area contributed by atoms with E-state index in [1.54, 1.807) is 0 Å². The quantitative estimate of drug-likeness (QED) is 0.287. The summed E-state index contributed by atoms with van der Waals surface area (Å²) in [4.78, 5) is 17.2. The minimum absolute atomic E-state index is 0. The molecule has 0 unspecified atom stereocenters. The summed E-state index contributed by atoms with van der Waals surface area (Å²) >= 11 is -0.345. The van der Waals surface area contributed by atoms with E-state index in [0.29, 0.717) is 13.0 Å². The van der Waals surface area contributed by atoms with Gasteiger partial charge in [-0.2, -0.15) is 0 Å². The van der Waals surface area contributed by atoms with E-state index in [9.17, 15) is 4.57 Å². The molecule has 0 heterocycles. The van der Waals surface area contributed by atoms with E-state index in [0.717, 1.165) is 0 Å². The molecule has 0 atom stereocenters. The Balaban J connectivity index is -0.000000375. The van der Waals surface area contributed by atoms with Gasteiger partial charge in [0.2, 0.25) is 0 Å². The Kier molecular flexibility index (Phi) is 12.7. The summed E-state index contributed by atoms with van der Waals surface area (Å²) in [7, 11) is 0. The van der Waals surface area contributed by atoms with Crippen molar-refractivity contribution in [2.75, 3.05) is 25.3 Å². The number of nitrogens with two attached hydrogens (primary N) is 1. The van der Waals surface area contributed by atoms with Gasteiger partial charge in [-0.05, 0) is 30.9 Å². The van der Waals surface area contributed by atoms with Crippen molar-refractivity contribution in [3.05, 3.63) is 0 Å². The maximum absolute atomic E-state index is 10.6. The molecule has 0 radical (unpaired) electrons. The lowest BCUT2D eigenvalue weighted by molar-refractivity contribution is 0.397. The highest BCUT2D eigenvalue weighted by atomic mass is 32.7. The summed E-state index contributed by atoms with van der Waals surface area (Å²) < 4.78 is 39.9. The van der Waals surface area contributed by atoms with Gasteiger partial charge in [0.25, 0.3) is 0 Å². The first kappa shape index (κ1) is 13.4. The molecule has 11 N–H and O–H groups in total. The van der Waals surface area contributed by atoms with Gasteiger partial charge in [0.05, 0.1) is 0 Å². The third kappa shape index (κ3) is 25.0. The number of rotatable bonds is 7. The van der Waals surface area contributed by atoms with E-state index in [1.807, 2.05) is 0 Å². The number of hydrogen-bond acceptors (Lipinski definition) is 4. The highest BCUT2D eigenvalue weighted by Crippen LogP contribution is 2.49. The van der Waals surface area contributed by atoms with Crippen LogP contribution in [0, 0.1) is 0 Å². The van der Waals surface area contributed by atoms with E-state index in [2.05, 4.69) is 5.32 Å². The zero-order valence-corrected chi connectivity index (χ0v) is 9.57. The van der Waals surface area contributed by atoms with Crippen LogP contribution >= 0.6 is 18.2 Å². The van der Waals surface area contributed by atoms with Crippen molar-refractivity contribution in [1.82, 2.24) is 5.32 Å². The van der Waals surface area contributed by atoms with Crippen molar-refractivity contribution >= 4 is 18.2 Å². The van der Waals surface area contributed by atoms with Crippen molar-refractivity contribution in [3.8, 4) is 0 Å². The summed E-state index contributed by atoms with van der Waals surface area (Å²) in [5.41, 5.74) is 2.45. The van der Waals surface area contributed by atoms with Gasteiger partial charge in [-0.15, -0.1) is 0 Å². The maximum Gasteiger partial charge on any atom is 0.384 e.